The average molecular weight is 254 g/mol. The van der Waals surface area contributed by atoms with Crippen molar-refractivity contribution in [2.75, 3.05) is 0 Å². The van der Waals surface area contributed by atoms with Gasteiger partial charge in [0.25, 0.3) is 0 Å². The minimum atomic E-state index is -0.682. The highest BCUT2D eigenvalue weighted by molar-refractivity contribution is 9.10. The van der Waals surface area contributed by atoms with E-state index in [9.17, 15) is 5.11 Å². The molecular weight excluding hydrogens is 242 g/mol. The molecule has 0 fully saturated rings. The fourth-order valence-corrected chi connectivity index (χ4v) is 1.54. The third-order valence-electron chi connectivity index (χ3n) is 2.20. The Morgan fingerprint density at radius 1 is 1.43 bits per heavy atom. The van der Waals surface area contributed by atoms with Gasteiger partial charge in [-0.25, -0.2) is 0 Å². The van der Waals surface area contributed by atoms with E-state index in [2.05, 4.69) is 22.0 Å². The molecular formula is C11H12BrNO. The fraction of sp³-hybridized carbons (Fsp3) is 0.364. The summed E-state index contributed by atoms with van der Waals surface area (Å²) in [5, 5.41) is 18.6. The molecule has 1 N–H and O–H groups in total. The Morgan fingerprint density at radius 3 is 2.43 bits per heavy atom. The molecule has 1 rings (SSSR count). The number of hydrogen-bond acceptors (Lipinski definition) is 2. The Kier molecular flexibility index (Phi) is 4.12. The number of aliphatic hydroxyl groups is 1. The number of aliphatic hydroxyl groups excluding tert-OH is 1. The van der Waals surface area contributed by atoms with E-state index in [-0.39, 0.29) is 5.92 Å². The SMILES string of the molecule is CCC(C#N)C(O)c1ccc(Br)cc1. The van der Waals surface area contributed by atoms with Crippen LogP contribution in [0.2, 0.25) is 0 Å². The molecule has 0 saturated heterocycles. The maximum atomic E-state index is 9.83. The second-order valence-electron chi connectivity index (χ2n) is 3.14. The molecule has 0 aliphatic heterocycles. The molecule has 0 heterocycles. The molecule has 2 unspecified atom stereocenters. The van der Waals surface area contributed by atoms with Crippen molar-refractivity contribution in [2.45, 2.75) is 19.4 Å². The van der Waals surface area contributed by atoms with Crippen LogP contribution in [0.5, 0.6) is 0 Å². The summed E-state index contributed by atoms with van der Waals surface area (Å²) in [6.07, 6.45) is -0.0219. The van der Waals surface area contributed by atoms with Crippen molar-refractivity contribution in [3.63, 3.8) is 0 Å². The van der Waals surface area contributed by atoms with Crippen molar-refractivity contribution in [1.82, 2.24) is 0 Å². The molecule has 1 aromatic carbocycles. The van der Waals surface area contributed by atoms with Crippen molar-refractivity contribution in [2.24, 2.45) is 5.92 Å². The van der Waals surface area contributed by atoms with Gasteiger partial charge in [0.15, 0.2) is 0 Å². The van der Waals surface area contributed by atoms with Crippen LogP contribution in [0.3, 0.4) is 0 Å². The predicted octanol–water partition coefficient (Wildman–Crippen LogP) is 3.03. The van der Waals surface area contributed by atoms with E-state index < -0.39 is 6.10 Å². The topological polar surface area (TPSA) is 44.0 Å². The number of nitrogens with zero attached hydrogens (tertiary/aromatic N) is 1. The zero-order chi connectivity index (χ0) is 10.6. The Morgan fingerprint density at radius 2 is 2.00 bits per heavy atom. The van der Waals surface area contributed by atoms with E-state index in [0.717, 1.165) is 10.0 Å². The molecule has 0 bridgehead atoms. The van der Waals surface area contributed by atoms with Gasteiger partial charge in [-0.05, 0) is 24.1 Å². The molecule has 2 nitrogen and oxygen atoms in total. The van der Waals surface area contributed by atoms with Crippen molar-refractivity contribution < 1.29 is 5.11 Å². The summed E-state index contributed by atoms with van der Waals surface area (Å²) in [5.74, 6) is -0.323. The van der Waals surface area contributed by atoms with Crippen LogP contribution in [-0.4, -0.2) is 5.11 Å². The molecule has 3 heteroatoms. The first-order valence-corrected chi connectivity index (χ1v) is 5.31. The molecule has 0 saturated carbocycles. The molecule has 0 aromatic heterocycles. The lowest BCUT2D eigenvalue weighted by atomic mass is 9.95. The monoisotopic (exact) mass is 253 g/mol. The van der Waals surface area contributed by atoms with Crippen LogP contribution in [0.15, 0.2) is 28.7 Å². The first-order chi connectivity index (χ1) is 6.69. The normalized spacial score (nSPS) is 14.4. The van der Waals surface area contributed by atoms with Gasteiger partial charge >= 0.3 is 0 Å². The number of rotatable bonds is 3. The summed E-state index contributed by atoms with van der Waals surface area (Å²) in [7, 11) is 0. The van der Waals surface area contributed by atoms with E-state index in [1.54, 1.807) is 0 Å². The highest BCUT2D eigenvalue weighted by atomic mass is 79.9. The lowest BCUT2D eigenvalue weighted by molar-refractivity contribution is 0.133. The van der Waals surface area contributed by atoms with E-state index in [1.165, 1.54) is 0 Å². The molecule has 14 heavy (non-hydrogen) atoms. The largest absolute Gasteiger partial charge is 0.387 e. The molecule has 74 valence electrons. The second-order valence-corrected chi connectivity index (χ2v) is 4.06. The van der Waals surface area contributed by atoms with Gasteiger partial charge in [0, 0.05) is 4.47 Å². The van der Waals surface area contributed by atoms with Crippen molar-refractivity contribution in [3.05, 3.63) is 34.3 Å². The zero-order valence-electron chi connectivity index (χ0n) is 7.94. The van der Waals surface area contributed by atoms with E-state index in [0.29, 0.717) is 6.42 Å². The van der Waals surface area contributed by atoms with Crippen LogP contribution >= 0.6 is 15.9 Å². The first kappa shape index (κ1) is 11.2. The Hall–Kier alpha value is -0.850. The molecule has 0 radical (unpaired) electrons. The summed E-state index contributed by atoms with van der Waals surface area (Å²) in [5.41, 5.74) is 0.793. The number of hydrogen-bond donors (Lipinski definition) is 1. The van der Waals surface area contributed by atoms with Crippen LogP contribution < -0.4 is 0 Å². The van der Waals surface area contributed by atoms with Crippen LogP contribution in [0.4, 0.5) is 0 Å². The summed E-state index contributed by atoms with van der Waals surface area (Å²) >= 11 is 3.32. The minimum Gasteiger partial charge on any atom is -0.387 e. The van der Waals surface area contributed by atoms with Crippen LogP contribution in [0, 0.1) is 17.2 Å². The minimum absolute atomic E-state index is 0.323. The molecule has 0 aliphatic carbocycles. The van der Waals surface area contributed by atoms with Gasteiger partial charge in [-0.15, -0.1) is 0 Å². The van der Waals surface area contributed by atoms with Gasteiger partial charge in [0.2, 0.25) is 0 Å². The van der Waals surface area contributed by atoms with Gasteiger partial charge in [0.1, 0.15) is 0 Å². The zero-order valence-corrected chi connectivity index (χ0v) is 9.53. The van der Waals surface area contributed by atoms with E-state index in [4.69, 9.17) is 5.26 Å². The highest BCUT2D eigenvalue weighted by Gasteiger charge is 2.18. The third-order valence-corrected chi connectivity index (χ3v) is 2.73. The lowest BCUT2D eigenvalue weighted by Crippen LogP contribution is -2.09. The number of nitriles is 1. The molecule has 0 amide bonds. The van der Waals surface area contributed by atoms with Crippen molar-refractivity contribution in [3.8, 4) is 6.07 Å². The van der Waals surface area contributed by atoms with E-state index >= 15 is 0 Å². The van der Waals surface area contributed by atoms with Gasteiger partial charge in [-0.1, -0.05) is 35.0 Å². The molecule has 1 aromatic rings. The maximum Gasteiger partial charge on any atom is 0.0948 e. The Labute approximate surface area is 92.3 Å². The quantitative estimate of drug-likeness (QED) is 0.900. The summed E-state index contributed by atoms with van der Waals surface area (Å²) in [6.45, 7) is 1.90. The molecule has 0 spiro atoms. The Balaban J connectivity index is 2.84. The van der Waals surface area contributed by atoms with Crippen molar-refractivity contribution in [1.29, 1.82) is 5.26 Å². The average Bonchev–Trinajstić information content (AvgIpc) is 2.20. The fourth-order valence-electron chi connectivity index (χ4n) is 1.28. The lowest BCUT2D eigenvalue weighted by Gasteiger charge is -2.14. The smallest absolute Gasteiger partial charge is 0.0948 e. The van der Waals surface area contributed by atoms with Crippen LogP contribution in [0.25, 0.3) is 0 Å². The molecule has 2 atom stereocenters. The summed E-state index contributed by atoms with van der Waals surface area (Å²) in [6, 6.07) is 9.49. The van der Waals surface area contributed by atoms with Gasteiger partial charge in [-0.2, -0.15) is 5.26 Å². The Bertz CT molecular complexity index is 328. The highest BCUT2D eigenvalue weighted by Crippen LogP contribution is 2.25. The van der Waals surface area contributed by atoms with Gasteiger partial charge < -0.3 is 5.11 Å². The summed E-state index contributed by atoms with van der Waals surface area (Å²) in [4.78, 5) is 0. The van der Waals surface area contributed by atoms with Gasteiger partial charge in [0.05, 0.1) is 18.1 Å². The van der Waals surface area contributed by atoms with Crippen LogP contribution in [0.1, 0.15) is 25.0 Å². The van der Waals surface area contributed by atoms with Crippen molar-refractivity contribution >= 4 is 15.9 Å². The van der Waals surface area contributed by atoms with Crippen LogP contribution in [-0.2, 0) is 0 Å². The standard InChI is InChI=1S/C11H12BrNO/c1-2-8(7-13)11(14)9-3-5-10(12)6-4-9/h3-6,8,11,14H,2H2,1H3. The van der Waals surface area contributed by atoms with E-state index in [1.807, 2.05) is 31.2 Å². The van der Waals surface area contributed by atoms with Gasteiger partial charge in [-0.3, -0.25) is 0 Å². The third kappa shape index (κ3) is 2.57. The first-order valence-electron chi connectivity index (χ1n) is 4.52. The number of benzene rings is 1. The maximum absolute atomic E-state index is 9.83. The molecule has 0 aliphatic rings. The predicted molar refractivity (Wildman–Crippen MR) is 58.5 cm³/mol. The summed E-state index contributed by atoms with van der Waals surface area (Å²) < 4.78 is 0.971. The second kappa shape index (κ2) is 5.14. The number of halogens is 1.